The molecule has 3 heteroatoms. The fourth-order valence-corrected chi connectivity index (χ4v) is 2.27. The van der Waals surface area contributed by atoms with Crippen molar-refractivity contribution in [2.24, 2.45) is 5.92 Å². The van der Waals surface area contributed by atoms with Crippen molar-refractivity contribution in [2.45, 2.75) is 39.7 Å². The van der Waals surface area contributed by atoms with Crippen LogP contribution in [0.1, 0.15) is 45.2 Å². The number of amides is 1. The highest BCUT2D eigenvalue weighted by Crippen LogP contribution is 2.21. The van der Waals surface area contributed by atoms with Crippen molar-refractivity contribution in [1.82, 2.24) is 10.2 Å². The molecule has 1 unspecified atom stereocenters. The van der Waals surface area contributed by atoms with Gasteiger partial charge in [-0.15, -0.1) is 0 Å². The molecule has 0 saturated heterocycles. The predicted octanol–water partition coefficient (Wildman–Crippen LogP) is 3.23. The van der Waals surface area contributed by atoms with Crippen LogP contribution in [0.2, 0.25) is 0 Å². The SMILES string of the molecule is CCCCN(C)CC(=O)NC(c1ccccc1)C(C)C. The van der Waals surface area contributed by atoms with E-state index in [-0.39, 0.29) is 11.9 Å². The Kier molecular flexibility index (Phi) is 7.31. The van der Waals surface area contributed by atoms with Gasteiger partial charge in [0.05, 0.1) is 12.6 Å². The lowest BCUT2D eigenvalue weighted by molar-refractivity contribution is -0.123. The van der Waals surface area contributed by atoms with Gasteiger partial charge < -0.3 is 5.32 Å². The largest absolute Gasteiger partial charge is 0.348 e. The van der Waals surface area contributed by atoms with Crippen molar-refractivity contribution in [2.75, 3.05) is 20.1 Å². The molecule has 1 aromatic carbocycles. The van der Waals surface area contributed by atoms with E-state index in [4.69, 9.17) is 0 Å². The van der Waals surface area contributed by atoms with Crippen molar-refractivity contribution >= 4 is 5.91 Å². The van der Waals surface area contributed by atoms with Gasteiger partial charge in [-0.3, -0.25) is 9.69 Å². The molecule has 0 radical (unpaired) electrons. The number of likely N-dealkylation sites (N-methyl/N-ethyl adjacent to an activating group) is 1. The molecule has 0 aliphatic rings. The summed E-state index contributed by atoms with van der Waals surface area (Å²) in [6.45, 7) is 7.88. The number of hydrogen-bond acceptors (Lipinski definition) is 2. The fraction of sp³-hybridized carbons (Fsp3) is 0.588. The Bertz CT molecular complexity index is 389. The summed E-state index contributed by atoms with van der Waals surface area (Å²) < 4.78 is 0. The average Bonchev–Trinajstić information content (AvgIpc) is 2.43. The molecule has 0 aromatic heterocycles. The van der Waals surface area contributed by atoms with E-state index >= 15 is 0 Å². The topological polar surface area (TPSA) is 32.3 Å². The second kappa shape index (κ2) is 8.75. The molecule has 0 saturated carbocycles. The van der Waals surface area contributed by atoms with E-state index in [0.717, 1.165) is 19.4 Å². The Morgan fingerprint density at radius 3 is 2.45 bits per heavy atom. The number of carbonyl (C=O) groups is 1. The number of hydrogen-bond donors (Lipinski definition) is 1. The van der Waals surface area contributed by atoms with E-state index in [1.54, 1.807) is 0 Å². The van der Waals surface area contributed by atoms with Crippen LogP contribution in [0.25, 0.3) is 0 Å². The molecule has 1 rings (SSSR count). The van der Waals surface area contributed by atoms with Gasteiger partial charge in [-0.25, -0.2) is 0 Å². The summed E-state index contributed by atoms with van der Waals surface area (Å²) in [5.74, 6) is 0.480. The first kappa shape index (κ1) is 16.7. The third-order valence-electron chi connectivity index (χ3n) is 3.45. The zero-order valence-corrected chi connectivity index (χ0v) is 13.2. The van der Waals surface area contributed by atoms with E-state index in [9.17, 15) is 4.79 Å². The number of rotatable bonds is 8. The minimum atomic E-state index is 0.0864. The first-order valence-corrected chi connectivity index (χ1v) is 7.57. The first-order valence-electron chi connectivity index (χ1n) is 7.57. The highest BCUT2D eigenvalue weighted by Gasteiger charge is 2.18. The van der Waals surface area contributed by atoms with Crippen molar-refractivity contribution in [3.05, 3.63) is 35.9 Å². The van der Waals surface area contributed by atoms with Crippen LogP contribution >= 0.6 is 0 Å². The molecule has 0 aliphatic carbocycles. The highest BCUT2D eigenvalue weighted by molar-refractivity contribution is 5.78. The maximum absolute atomic E-state index is 12.2. The van der Waals surface area contributed by atoms with Crippen molar-refractivity contribution in [1.29, 1.82) is 0 Å². The van der Waals surface area contributed by atoms with E-state index in [1.165, 1.54) is 5.56 Å². The summed E-state index contributed by atoms with van der Waals surface area (Å²) in [6.07, 6.45) is 2.29. The average molecular weight is 276 g/mol. The molecule has 0 bridgehead atoms. The van der Waals surface area contributed by atoms with E-state index < -0.39 is 0 Å². The molecule has 1 aromatic rings. The maximum Gasteiger partial charge on any atom is 0.234 e. The standard InChI is InChI=1S/C17H28N2O/c1-5-6-12-19(4)13-16(20)18-17(14(2)3)15-10-8-7-9-11-15/h7-11,14,17H,5-6,12-13H2,1-4H3,(H,18,20). The normalized spacial score (nSPS) is 12.7. The summed E-state index contributed by atoms with van der Waals surface area (Å²) in [5.41, 5.74) is 1.17. The van der Waals surface area contributed by atoms with Crippen LogP contribution in [-0.4, -0.2) is 30.9 Å². The third kappa shape index (κ3) is 5.74. The number of nitrogens with one attached hydrogen (secondary N) is 1. The monoisotopic (exact) mass is 276 g/mol. The Labute approximate surface area is 123 Å². The fourth-order valence-electron chi connectivity index (χ4n) is 2.27. The molecular formula is C17H28N2O. The molecule has 1 amide bonds. The van der Waals surface area contributed by atoms with Crippen LogP contribution in [0.4, 0.5) is 0 Å². The van der Waals surface area contributed by atoms with Crippen LogP contribution in [0, 0.1) is 5.92 Å². The smallest absolute Gasteiger partial charge is 0.234 e. The van der Waals surface area contributed by atoms with Gasteiger partial charge in [0.2, 0.25) is 5.91 Å². The van der Waals surface area contributed by atoms with Gasteiger partial charge in [-0.1, -0.05) is 57.5 Å². The number of unbranched alkanes of at least 4 members (excludes halogenated alkanes) is 1. The molecule has 1 atom stereocenters. The van der Waals surface area contributed by atoms with Gasteiger partial charge in [-0.2, -0.15) is 0 Å². The Morgan fingerprint density at radius 2 is 1.90 bits per heavy atom. The van der Waals surface area contributed by atoms with E-state index in [0.29, 0.717) is 12.5 Å². The minimum Gasteiger partial charge on any atom is -0.348 e. The molecule has 20 heavy (non-hydrogen) atoms. The predicted molar refractivity (Wildman–Crippen MR) is 84.6 cm³/mol. The molecule has 0 heterocycles. The Morgan fingerprint density at radius 1 is 1.25 bits per heavy atom. The molecule has 112 valence electrons. The van der Waals surface area contributed by atoms with Gasteiger partial charge in [0.1, 0.15) is 0 Å². The van der Waals surface area contributed by atoms with Crippen molar-refractivity contribution < 1.29 is 4.79 Å². The zero-order chi connectivity index (χ0) is 15.0. The van der Waals surface area contributed by atoms with Crippen LogP contribution in [0.3, 0.4) is 0 Å². The number of nitrogens with zero attached hydrogens (tertiary/aromatic N) is 1. The molecule has 0 aliphatic heterocycles. The quantitative estimate of drug-likeness (QED) is 0.790. The summed E-state index contributed by atoms with van der Waals surface area (Å²) in [6, 6.07) is 10.3. The summed E-state index contributed by atoms with van der Waals surface area (Å²) in [5, 5.41) is 3.16. The zero-order valence-electron chi connectivity index (χ0n) is 13.2. The molecule has 3 nitrogen and oxygen atoms in total. The van der Waals surface area contributed by atoms with E-state index in [1.807, 2.05) is 25.2 Å². The van der Waals surface area contributed by atoms with Gasteiger partial charge in [0, 0.05) is 0 Å². The van der Waals surface area contributed by atoms with Crippen LogP contribution in [0.15, 0.2) is 30.3 Å². The highest BCUT2D eigenvalue weighted by atomic mass is 16.2. The van der Waals surface area contributed by atoms with Crippen LogP contribution in [-0.2, 0) is 4.79 Å². The summed E-state index contributed by atoms with van der Waals surface area (Å²) in [7, 11) is 2.00. The van der Waals surface area contributed by atoms with Gasteiger partial charge >= 0.3 is 0 Å². The minimum absolute atomic E-state index is 0.0864. The number of benzene rings is 1. The van der Waals surface area contributed by atoms with Gasteiger partial charge in [0.15, 0.2) is 0 Å². The van der Waals surface area contributed by atoms with Crippen LogP contribution < -0.4 is 5.32 Å². The second-order valence-electron chi connectivity index (χ2n) is 5.79. The summed E-state index contributed by atoms with van der Waals surface area (Å²) >= 11 is 0. The first-order chi connectivity index (χ1) is 9.54. The molecule has 0 fully saturated rings. The van der Waals surface area contributed by atoms with Gasteiger partial charge in [0.25, 0.3) is 0 Å². The van der Waals surface area contributed by atoms with E-state index in [2.05, 4.69) is 43.1 Å². The lowest BCUT2D eigenvalue weighted by Gasteiger charge is -2.24. The Hall–Kier alpha value is -1.35. The van der Waals surface area contributed by atoms with Gasteiger partial charge in [-0.05, 0) is 31.5 Å². The lowest BCUT2D eigenvalue weighted by atomic mass is 9.96. The third-order valence-corrected chi connectivity index (χ3v) is 3.45. The lowest BCUT2D eigenvalue weighted by Crippen LogP contribution is -2.39. The van der Waals surface area contributed by atoms with Crippen molar-refractivity contribution in [3.8, 4) is 0 Å². The molecule has 0 spiro atoms. The maximum atomic E-state index is 12.2. The Balaban J connectivity index is 2.56. The summed E-state index contributed by atoms with van der Waals surface area (Å²) in [4.78, 5) is 14.2. The van der Waals surface area contributed by atoms with Crippen molar-refractivity contribution in [3.63, 3.8) is 0 Å². The second-order valence-corrected chi connectivity index (χ2v) is 5.79. The molecular weight excluding hydrogens is 248 g/mol. The van der Waals surface area contributed by atoms with Crippen LogP contribution in [0.5, 0.6) is 0 Å². The molecule has 1 N–H and O–H groups in total. The number of carbonyl (C=O) groups excluding carboxylic acids is 1.